The molecule has 2 atom stereocenters. The summed E-state index contributed by atoms with van der Waals surface area (Å²) in [7, 11) is 0. The molecule has 2 aromatic rings. The molecule has 3 rings (SSSR count). The fourth-order valence-electron chi connectivity index (χ4n) is 2.49. The van der Waals surface area contributed by atoms with Crippen LogP contribution < -0.4 is 10.1 Å². The van der Waals surface area contributed by atoms with Gasteiger partial charge in [-0.3, -0.25) is 4.68 Å². The van der Waals surface area contributed by atoms with Gasteiger partial charge in [0.05, 0.1) is 19.3 Å². The molecule has 0 saturated carbocycles. The summed E-state index contributed by atoms with van der Waals surface area (Å²) in [6, 6.07) is 8.59. The van der Waals surface area contributed by atoms with Crippen LogP contribution >= 0.6 is 0 Å². The molecular formula is C14H18N4O. The minimum absolute atomic E-state index is 0.341. The van der Waals surface area contributed by atoms with Gasteiger partial charge in [-0.1, -0.05) is 30.3 Å². The number of hydrogen-bond donors (Lipinski definition) is 1. The van der Waals surface area contributed by atoms with Gasteiger partial charge in [0, 0.05) is 30.3 Å². The van der Waals surface area contributed by atoms with Gasteiger partial charge in [-0.25, -0.2) is 0 Å². The number of fused-ring (bicyclic) bond motifs is 1. The number of nitrogens with one attached hydrogen (secondary N) is 1. The van der Waals surface area contributed by atoms with E-state index in [1.807, 2.05) is 23.0 Å². The minimum Gasteiger partial charge on any atom is -0.493 e. The molecule has 100 valence electrons. The first-order chi connectivity index (χ1) is 9.34. The van der Waals surface area contributed by atoms with Gasteiger partial charge in [0.1, 0.15) is 5.75 Å². The first-order valence-electron chi connectivity index (χ1n) is 6.64. The number of para-hydroxylation sites is 1. The molecule has 1 aliphatic rings. The number of hydrogen-bond acceptors (Lipinski definition) is 4. The third kappa shape index (κ3) is 2.61. The van der Waals surface area contributed by atoms with Crippen LogP contribution in [0.3, 0.4) is 0 Å². The highest BCUT2D eigenvalue weighted by molar-refractivity contribution is 5.37. The van der Waals surface area contributed by atoms with Gasteiger partial charge in [-0.2, -0.15) is 0 Å². The average molecular weight is 258 g/mol. The number of ether oxygens (including phenoxy) is 1. The molecule has 0 saturated heterocycles. The standard InChI is InChI=1S/C14H18N4O/c1-11-10-19-13-5-3-2-4-12(13)14(11)15-6-8-18-9-7-16-17-18/h2-5,7,9,11,14-15H,6,8,10H2,1H3. The summed E-state index contributed by atoms with van der Waals surface area (Å²) in [5.74, 6) is 1.46. The molecule has 0 bridgehead atoms. The first-order valence-corrected chi connectivity index (χ1v) is 6.64. The molecule has 1 aromatic carbocycles. The van der Waals surface area contributed by atoms with Crippen LogP contribution in [0.15, 0.2) is 36.7 Å². The number of rotatable bonds is 4. The molecule has 2 heterocycles. The fourth-order valence-corrected chi connectivity index (χ4v) is 2.49. The lowest BCUT2D eigenvalue weighted by Crippen LogP contribution is -2.35. The molecule has 5 nitrogen and oxygen atoms in total. The highest BCUT2D eigenvalue weighted by Crippen LogP contribution is 2.34. The highest BCUT2D eigenvalue weighted by Gasteiger charge is 2.26. The zero-order chi connectivity index (χ0) is 13.1. The molecule has 19 heavy (non-hydrogen) atoms. The summed E-state index contributed by atoms with van der Waals surface area (Å²) in [6.45, 7) is 4.67. The van der Waals surface area contributed by atoms with Crippen molar-refractivity contribution in [3.63, 3.8) is 0 Å². The zero-order valence-electron chi connectivity index (χ0n) is 11.0. The fraction of sp³-hybridized carbons (Fsp3) is 0.429. The van der Waals surface area contributed by atoms with Crippen LogP contribution in [0, 0.1) is 5.92 Å². The Morgan fingerprint density at radius 3 is 3.16 bits per heavy atom. The van der Waals surface area contributed by atoms with Gasteiger partial charge in [0.2, 0.25) is 0 Å². The highest BCUT2D eigenvalue weighted by atomic mass is 16.5. The van der Waals surface area contributed by atoms with Gasteiger partial charge in [-0.15, -0.1) is 5.10 Å². The largest absolute Gasteiger partial charge is 0.493 e. The molecule has 1 aromatic heterocycles. The summed E-state index contributed by atoms with van der Waals surface area (Å²) in [5.41, 5.74) is 1.25. The molecule has 0 amide bonds. The Bertz CT molecular complexity index is 526. The third-order valence-electron chi connectivity index (χ3n) is 3.50. The number of benzene rings is 1. The predicted molar refractivity (Wildman–Crippen MR) is 71.9 cm³/mol. The normalized spacial score (nSPS) is 21.7. The Morgan fingerprint density at radius 1 is 1.42 bits per heavy atom. The lowest BCUT2D eigenvalue weighted by Gasteiger charge is -2.32. The molecule has 0 spiro atoms. The van der Waals surface area contributed by atoms with Crippen molar-refractivity contribution in [1.29, 1.82) is 0 Å². The van der Waals surface area contributed by atoms with Crippen molar-refractivity contribution >= 4 is 0 Å². The van der Waals surface area contributed by atoms with Gasteiger partial charge < -0.3 is 10.1 Å². The van der Waals surface area contributed by atoms with Crippen molar-refractivity contribution in [2.24, 2.45) is 5.92 Å². The molecular weight excluding hydrogens is 240 g/mol. The lowest BCUT2D eigenvalue weighted by molar-refractivity contribution is 0.187. The van der Waals surface area contributed by atoms with Crippen molar-refractivity contribution in [3.8, 4) is 5.75 Å². The van der Waals surface area contributed by atoms with Gasteiger partial charge in [0.15, 0.2) is 0 Å². The lowest BCUT2D eigenvalue weighted by atomic mass is 9.92. The van der Waals surface area contributed by atoms with Gasteiger partial charge >= 0.3 is 0 Å². The Labute approximate surface area is 112 Å². The summed E-state index contributed by atoms with van der Waals surface area (Å²) in [4.78, 5) is 0. The van der Waals surface area contributed by atoms with Gasteiger partial charge in [-0.05, 0) is 6.07 Å². The number of aromatic nitrogens is 3. The molecule has 5 heteroatoms. The Balaban J connectivity index is 1.66. The van der Waals surface area contributed by atoms with Crippen LogP contribution in [0.5, 0.6) is 5.75 Å². The Morgan fingerprint density at radius 2 is 2.32 bits per heavy atom. The van der Waals surface area contributed by atoms with E-state index in [0.29, 0.717) is 12.0 Å². The zero-order valence-corrected chi connectivity index (χ0v) is 11.0. The maximum absolute atomic E-state index is 5.75. The third-order valence-corrected chi connectivity index (χ3v) is 3.50. The van der Waals surface area contributed by atoms with Crippen molar-refractivity contribution in [1.82, 2.24) is 20.3 Å². The van der Waals surface area contributed by atoms with Crippen molar-refractivity contribution < 1.29 is 4.74 Å². The second-order valence-electron chi connectivity index (χ2n) is 4.92. The first kappa shape index (κ1) is 12.2. The molecule has 1 aliphatic heterocycles. The monoisotopic (exact) mass is 258 g/mol. The molecule has 2 unspecified atom stereocenters. The minimum atomic E-state index is 0.341. The van der Waals surface area contributed by atoms with E-state index >= 15 is 0 Å². The average Bonchev–Trinajstić information content (AvgIpc) is 2.94. The molecule has 0 fully saturated rings. The second-order valence-corrected chi connectivity index (χ2v) is 4.92. The maximum atomic E-state index is 5.75. The van der Waals surface area contributed by atoms with Crippen molar-refractivity contribution in [2.75, 3.05) is 13.2 Å². The van der Waals surface area contributed by atoms with Crippen molar-refractivity contribution in [2.45, 2.75) is 19.5 Å². The van der Waals surface area contributed by atoms with E-state index in [1.54, 1.807) is 6.20 Å². The van der Waals surface area contributed by atoms with Crippen LogP contribution in [-0.2, 0) is 6.54 Å². The van der Waals surface area contributed by atoms with E-state index in [4.69, 9.17) is 4.74 Å². The van der Waals surface area contributed by atoms with Crippen molar-refractivity contribution in [3.05, 3.63) is 42.2 Å². The molecule has 0 radical (unpaired) electrons. The van der Waals surface area contributed by atoms with E-state index in [0.717, 1.165) is 25.4 Å². The van der Waals surface area contributed by atoms with E-state index < -0.39 is 0 Å². The van der Waals surface area contributed by atoms with E-state index in [1.165, 1.54) is 5.56 Å². The van der Waals surface area contributed by atoms with E-state index in [9.17, 15) is 0 Å². The van der Waals surface area contributed by atoms with Gasteiger partial charge in [0.25, 0.3) is 0 Å². The topological polar surface area (TPSA) is 52.0 Å². The van der Waals surface area contributed by atoms with Crippen LogP contribution in [0.25, 0.3) is 0 Å². The summed E-state index contributed by atoms with van der Waals surface area (Å²) in [6.07, 6.45) is 3.58. The SMILES string of the molecule is CC1COc2ccccc2C1NCCn1ccnn1. The van der Waals surface area contributed by atoms with Crippen LogP contribution in [0.1, 0.15) is 18.5 Å². The van der Waals surface area contributed by atoms with E-state index in [-0.39, 0.29) is 0 Å². The van der Waals surface area contributed by atoms with Crippen LogP contribution in [-0.4, -0.2) is 28.1 Å². The Kier molecular flexibility index (Phi) is 3.46. The predicted octanol–water partition coefficient (Wildman–Crippen LogP) is 1.64. The summed E-state index contributed by atoms with van der Waals surface area (Å²) in [5, 5.41) is 11.4. The number of nitrogens with zero attached hydrogens (tertiary/aromatic N) is 3. The van der Waals surface area contributed by atoms with E-state index in [2.05, 4.69) is 34.7 Å². The summed E-state index contributed by atoms with van der Waals surface area (Å²) >= 11 is 0. The smallest absolute Gasteiger partial charge is 0.124 e. The molecule has 1 N–H and O–H groups in total. The van der Waals surface area contributed by atoms with Crippen LogP contribution in [0.2, 0.25) is 0 Å². The summed E-state index contributed by atoms with van der Waals surface area (Å²) < 4.78 is 7.59. The quantitative estimate of drug-likeness (QED) is 0.905. The van der Waals surface area contributed by atoms with Crippen LogP contribution in [0.4, 0.5) is 0 Å². The second kappa shape index (κ2) is 5.40. The Hall–Kier alpha value is -1.88. The maximum Gasteiger partial charge on any atom is 0.124 e. The molecule has 0 aliphatic carbocycles.